The molecule has 0 fully saturated rings. The van der Waals surface area contributed by atoms with E-state index in [1.165, 1.54) is 6.33 Å². The number of nitrogens with two attached hydrogens (primary N) is 1. The minimum absolute atomic E-state index is 0.459. The molecular formula is C8H9N5. The lowest BCUT2D eigenvalue weighted by molar-refractivity contribution is 0.709. The Morgan fingerprint density at radius 3 is 3.08 bits per heavy atom. The third-order valence-electron chi connectivity index (χ3n) is 1.71. The van der Waals surface area contributed by atoms with Crippen LogP contribution in [0.15, 0.2) is 25.2 Å². The predicted octanol–water partition coefficient (Wildman–Crippen LogP) is 0.595. The molecule has 13 heavy (non-hydrogen) atoms. The first kappa shape index (κ1) is 7.72. The second kappa shape index (κ2) is 2.85. The molecule has 0 aliphatic heterocycles. The fourth-order valence-electron chi connectivity index (χ4n) is 1.13. The number of anilines is 1. The van der Waals surface area contributed by atoms with Gasteiger partial charge in [-0.2, -0.15) is 5.10 Å². The third kappa shape index (κ3) is 1.24. The monoisotopic (exact) mass is 175 g/mol. The zero-order valence-corrected chi connectivity index (χ0v) is 7.01. The van der Waals surface area contributed by atoms with Gasteiger partial charge in [-0.05, 0) is 0 Å². The Morgan fingerprint density at radius 1 is 1.54 bits per heavy atom. The number of aromatic nitrogens is 4. The molecule has 2 N–H and O–H groups in total. The van der Waals surface area contributed by atoms with Crippen LogP contribution in [0, 0.1) is 0 Å². The van der Waals surface area contributed by atoms with E-state index in [1.54, 1.807) is 10.8 Å². The Bertz CT molecular complexity index is 445. The molecule has 0 amide bonds. The van der Waals surface area contributed by atoms with Gasteiger partial charge < -0.3 is 5.73 Å². The van der Waals surface area contributed by atoms with Crippen LogP contribution in [0.3, 0.4) is 0 Å². The van der Waals surface area contributed by atoms with E-state index in [2.05, 4.69) is 21.6 Å². The van der Waals surface area contributed by atoms with Crippen LogP contribution in [0.25, 0.3) is 11.0 Å². The Balaban J connectivity index is 2.61. The lowest BCUT2D eigenvalue weighted by atomic mass is 10.4. The fourth-order valence-corrected chi connectivity index (χ4v) is 1.13. The number of allylic oxidation sites excluding steroid dienone is 1. The second-order valence-corrected chi connectivity index (χ2v) is 2.64. The lowest BCUT2D eigenvalue weighted by Gasteiger charge is -1.90. The molecule has 0 radical (unpaired) electrons. The van der Waals surface area contributed by atoms with Crippen LogP contribution in [0.2, 0.25) is 0 Å². The molecule has 0 unspecified atom stereocenters. The van der Waals surface area contributed by atoms with Gasteiger partial charge >= 0.3 is 0 Å². The highest BCUT2D eigenvalue weighted by Gasteiger charge is 2.03. The van der Waals surface area contributed by atoms with Gasteiger partial charge in [0.05, 0.1) is 11.9 Å². The standard InChI is InChI=1S/C8H9N5/c1-2-3-13-4-6-7(9)10-5-11-8(6)12-13/h2,4-5H,1,3H2,(H2,9,10,11,12). The summed E-state index contributed by atoms with van der Waals surface area (Å²) in [6, 6.07) is 0. The van der Waals surface area contributed by atoms with Crippen molar-refractivity contribution in [3.05, 3.63) is 25.2 Å². The van der Waals surface area contributed by atoms with Gasteiger partial charge in [-0.15, -0.1) is 6.58 Å². The molecule has 5 nitrogen and oxygen atoms in total. The summed E-state index contributed by atoms with van der Waals surface area (Å²) in [5, 5.41) is 4.96. The molecular weight excluding hydrogens is 166 g/mol. The Hall–Kier alpha value is -1.91. The summed E-state index contributed by atoms with van der Waals surface area (Å²) in [7, 11) is 0. The van der Waals surface area contributed by atoms with Gasteiger partial charge in [-0.3, -0.25) is 4.68 Å². The molecule has 0 aliphatic rings. The molecule has 0 spiro atoms. The maximum absolute atomic E-state index is 5.64. The number of nitrogens with zero attached hydrogens (tertiary/aromatic N) is 4. The fraction of sp³-hybridized carbons (Fsp3) is 0.125. The molecule has 0 aromatic carbocycles. The highest BCUT2D eigenvalue weighted by molar-refractivity contribution is 5.84. The average molecular weight is 175 g/mol. The summed E-state index contributed by atoms with van der Waals surface area (Å²) in [5.41, 5.74) is 6.26. The van der Waals surface area contributed by atoms with Gasteiger partial charge in [0, 0.05) is 6.20 Å². The highest BCUT2D eigenvalue weighted by atomic mass is 15.3. The minimum Gasteiger partial charge on any atom is -0.383 e. The number of rotatable bonds is 2. The van der Waals surface area contributed by atoms with E-state index in [0.29, 0.717) is 18.0 Å². The van der Waals surface area contributed by atoms with E-state index < -0.39 is 0 Å². The molecule has 2 heterocycles. The Labute approximate surface area is 74.9 Å². The van der Waals surface area contributed by atoms with Crippen molar-refractivity contribution >= 4 is 16.9 Å². The summed E-state index contributed by atoms with van der Waals surface area (Å²) in [4.78, 5) is 7.86. The van der Waals surface area contributed by atoms with E-state index in [9.17, 15) is 0 Å². The first-order chi connectivity index (χ1) is 6.31. The van der Waals surface area contributed by atoms with E-state index in [1.807, 2.05) is 6.20 Å². The van der Waals surface area contributed by atoms with Crippen LogP contribution in [-0.4, -0.2) is 19.7 Å². The number of fused-ring (bicyclic) bond motifs is 1. The molecule has 0 saturated carbocycles. The maximum Gasteiger partial charge on any atom is 0.186 e. The molecule has 0 saturated heterocycles. The quantitative estimate of drug-likeness (QED) is 0.678. The summed E-state index contributed by atoms with van der Waals surface area (Å²) < 4.78 is 1.72. The Morgan fingerprint density at radius 2 is 2.38 bits per heavy atom. The van der Waals surface area contributed by atoms with Gasteiger partial charge in [0.1, 0.15) is 12.1 Å². The van der Waals surface area contributed by atoms with E-state index in [-0.39, 0.29) is 0 Å². The molecule has 2 aromatic rings. The Kier molecular flexibility index (Phi) is 1.70. The van der Waals surface area contributed by atoms with Crippen LogP contribution >= 0.6 is 0 Å². The minimum atomic E-state index is 0.459. The second-order valence-electron chi connectivity index (χ2n) is 2.64. The SMILES string of the molecule is C=CCn1cc2c(N)ncnc2n1. The highest BCUT2D eigenvalue weighted by Crippen LogP contribution is 2.13. The van der Waals surface area contributed by atoms with Crippen molar-refractivity contribution in [1.29, 1.82) is 0 Å². The van der Waals surface area contributed by atoms with E-state index >= 15 is 0 Å². The van der Waals surface area contributed by atoms with Crippen molar-refractivity contribution in [2.45, 2.75) is 6.54 Å². The van der Waals surface area contributed by atoms with Crippen molar-refractivity contribution in [3.8, 4) is 0 Å². The lowest BCUT2D eigenvalue weighted by Crippen LogP contribution is -1.94. The molecule has 0 atom stereocenters. The van der Waals surface area contributed by atoms with Gasteiger partial charge in [0.2, 0.25) is 0 Å². The van der Waals surface area contributed by atoms with Crippen LogP contribution in [0.1, 0.15) is 0 Å². The van der Waals surface area contributed by atoms with Crippen LogP contribution in [-0.2, 0) is 6.54 Å². The molecule has 5 heteroatoms. The molecule has 66 valence electrons. The van der Waals surface area contributed by atoms with Crippen molar-refractivity contribution in [2.24, 2.45) is 0 Å². The molecule has 2 rings (SSSR count). The number of nitrogen functional groups attached to an aromatic ring is 1. The summed E-state index contributed by atoms with van der Waals surface area (Å²) in [6.45, 7) is 4.27. The zero-order chi connectivity index (χ0) is 9.26. The number of hydrogen-bond acceptors (Lipinski definition) is 4. The predicted molar refractivity (Wildman–Crippen MR) is 49.9 cm³/mol. The van der Waals surface area contributed by atoms with Crippen LogP contribution in [0.4, 0.5) is 5.82 Å². The van der Waals surface area contributed by atoms with Crippen molar-refractivity contribution in [2.75, 3.05) is 5.73 Å². The average Bonchev–Trinajstić information content (AvgIpc) is 2.49. The summed E-state index contributed by atoms with van der Waals surface area (Å²) in [5.74, 6) is 0.459. The van der Waals surface area contributed by atoms with Gasteiger partial charge in [0.25, 0.3) is 0 Å². The summed E-state index contributed by atoms with van der Waals surface area (Å²) in [6.07, 6.45) is 4.98. The topological polar surface area (TPSA) is 69.6 Å². The van der Waals surface area contributed by atoms with Gasteiger partial charge in [0.15, 0.2) is 5.65 Å². The largest absolute Gasteiger partial charge is 0.383 e. The van der Waals surface area contributed by atoms with Crippen LogP contribution in [0.5, 0.6) is 0 Å². The maximum atomic E-state index is 5.64. The summed E-state index contributed by atoms with van der Waals surface area (Å²) >= 11 is 0. The first-order valence-corrected chi connectivity index (χ1v) is 3.86. The van der Waals surface area contributed by atoms with Gasteiger partial charge in [-0.25, -0.2) is 9.97 Å². The third-order valence-corrected chi connectivity index (χ3v) is 1.71. The van der Waals surface area contributed by atoms with E-state index in [4.69, 9.17) is 5.73 Å². The molecule has 2 aromatic heterocycles. The van der Waals surface area contributed by atoms with Crippen molar-refractivity contribution in [1.82, 2.24) is 19.7 Å². The van der Waals surface area contributed by atoms with Crippen molar-refractivity contribution < 1.29 is 0 Å². The van der Waals surface area contributed by atoms with Crippen LogP contribution < -0.4 is 5.73 Å². The van der Waals surface area contributed by atoms with Crippen molar-refractivity contribution in [3.63, 3.8) is 0 Å². The molecule has 0 aliphatic carbocycles. The molecule has 0 bridgehead atoms. The normalized spacial score (nSPS) is 10.5. The van der Waals surface area contributed by atoms with Gasteiger partial charge in [-0.1, -0.05) is 6.08 Å². The first-order valence-electron chi connectivity index (χ1n) is 3.86. The zero-order valence-electron chi connectivity index (χ0n) is 7.01. The van der Waals surface area contributed by atoms with E-state index in [0.717, 1.165) is 5.39 Å². The number of hydrogen-bond donors (Lipinski definition) is 1. The smallest absolute Gasteiger partial charge is 0.186 e.